The van der Waals surface area contributed by atoms with Crippen molar-refractivity contribution in [1.82, 2.24) is 25.1 Å². The Balaban J connectivity index is 2.06. The molecule has 0 bridgehead atoms. The number of halogens is 5. The second kappa shape index (κ2) is 9.28. The van der Waals surface area contributed by atoms with Gasteiger partial charge in [0.05, 0.1) is 37.3 Å². The van der Waals surface area contributed by atoms with Crippen molar-refractivity contribution in [3.8, 4) is 0 Å². The monoisotopic (exact) mass is 550 g/mol. The van der Waals surface area contributed by atoms with E-state index in [9.17, 15) is 26.4 Å². The Hall–Kier alpha value is -2.90. The predicted octanol–water partition coefficient (Wildman–Crippen LogP) is 4.35. The van der Waals surface area contributed by atoms with Gasteiger partial charge in [-0.25, -0.2) is 13.4 Å². The zero-order chi connectivity index (χ0) is 26.3. The van der Waals surface area contributed by atoms with Gasteiger partial charge in [0.25, 0.3) is 15.9 Å². The summed E-state index contributed by atoms with van der Waals surface area (Å²) in [5.74, 6) is -0.393. The van der Waals surface area contributed by atoms with Crippen LogP contribution < -0.4 is 4.72 Å². The number of nitrogens with zero attached hydrogens (tertiary/aromatic N) is 4. The first-order valence-electron chi connectivity index (χ1n) is 9.74. The summed E-state index contributed by atoms with van der Waals surface area (Å²) in [6.45, 7) is 3.27. The lowest BCUT2D eigenvalue weighted by Gasteiger charge is -2.24. The molecule has 0 unspecified atom stereocenters. The summed E-state index contributed by atoms with van der Waals surface area (Å²) in [5.41, 5.74) is -2.43. The summed E-state index contributed by atoms with van der Waals surface area (Å²) >= 11 is 11.6. The third-order valence-electron chi connectivity index (χ3n) is 4.92. The van der Waals surface area contributed by atoms with E-state index in [0.717, 1.165) is 12.1 Å². The highest BCUT2D eigenvalue weighted by atomic mass is 35.5. The molecule has 2 N–H and O–H groups in total. The lowest BCUT2D eigenvalue weighted by molar-refractivity contribution is -0.137. The molecule has 3 rings (SSSR count). The molecule has 2 aromatic heterocycles. The highest BCUT2D eigenvalue weighted by molar-refractivity contribution is 7.92. The fourth-order valence-corrected chi connectivity index (χ4v) is 4.52. The number of pyridine rings is 1. The van der Waals surface area contributed by atoms with Gasteiger partial charge in [0.1, 0.15) is 5.82 Å². The largest absolute Gasteiger partial charge is 0.417 e. The number of benzene rings is 1. The van der Waals surface area contributed by atoms with Crippen LogP contribution in [0.4, 0.5) is 18.9 Å². The standard InChI is InChI=1S/C20H19Cl2F3N6O3S/c1-19(2,18-27-16(28-29-18)17(32)31(3)4)15-14(7-10(21)9-26-15)30-35(33,34)11-5-6-13(22)12(8-11)20(23,24)25/h5-9,30H,1-4H3,(H,27,28,29). The number of rotatable bonds is 6. The van der Waals surface area contributed by atoms with E-state index in [4.69, 9.17) is 23.2 Å². The van der Waals surface area contributed by atoms with Gasteiger partial charge in [0, 0.05) is 20.3 Å². The van der Waals surface area contributed by atoms with Gasteiger partial charge >= 0.3 is 6.18 Å². The Morgan fingerprint density at radius 1 is 1.14 bits per heavy atom. The number of sulfonamides is 1. The Labute approximate surface area is 208 Å². The van der Waals surface area contributed by atoms with Gasteiger partial charge in [-0.2, -0.15) is 13.2 Å². The van der Waals surface area contributed by atoms with Crippen molar-refractivity contribution in [1.29, 1.82) is 0 Å². The Bertz CT molecular complexity index is 1390. The summed E-state index contributed by atoms with van der Waals surface area (Å²) in [6, 6.07) is 3.48. The summed E-state index contributed by atoms with van der Waals surface area (Å²) in [4.78, 5) is 21.2. The molecule has 2 heterocycles. The molecule has 35 heavy (non-hydrogen) atoms. The lowest BCUT2D eigenvalue weighted by Crippen LogP contribution is -2.26. The number of alkyl halides is 3. The molecule has 1 aromatic carbocycles. The van der Waals surface area contributed by atoms with Crippen LogP contribution in [0, 0.1) is 0 Å². The molecule has 1 amide bonds. The van der Waals surface area contributed by atoms with Gasteiger partial charge in [-0.05, 0) is 38.1 Å². The van der Waals surface area contributed by atoms with Crippen molar-refractivity contribution in [3.05, 3.63) is 63.4 Å². The minimum absolute atomic E-state index is 0.0652. The molecule has 0 saturated heterocycles. The Morgan fingerprint density at radius 2 is 1.80 bits per heavy atom. The number of aromatic nitrogens is 4. The van der Waals surface area contributed by atoms with Crippen molar-refractivity contribution in [3.63, 3.8) is 0 Å². The second-order valence-corrected chi connectivity index (χ2v) is 10.7. The molecule has 0 aliphatic heterocycles. The van der Waals surface area contributed by atoms with Crippen LogP contribution in [-0.4, -0.2) is 53.5 Å². The van der Waals surface area contributed by atoms with Crippen molar-refractivity contribution in [2.75, 3.05) is 18.8 Å². The van der Waals surface area contributed by atoms with Crippen LogP contribution in [0.15, 0.2) is 35.4 Å². The average Bonchev–Trinajstić information content (AvgIpc) is 3.23. The lowest BCUT2D eigenvalue weighted by atomic mass is 9.87. The number of carbonyl (C=O) groups excluding carboxylic acids is 1. The summed E-state index contributed by atoms with van der Waals surface area (Å²) in [7, 11) is -1.48. The average molecular weight is 551 g/mol. The van der Waals surface area contributed by atoms with Crippen LogP contribution in [0.25, 0.3) is 0 Å². The molecule has 188 valence electrons. The van der Waals surface area contributed by atoms with E-state index < -0.39 is 43.0 Å². The summed E-state index contributed by atoms with van der Waals surface area (Å²) < 4.78 is 68.0. The minimum Gasteiger partial charge on any atom is -0.342 e. The molecule has 9 nitrogen and oxygen atoms in total. The summed E-state index contributed by atoms with van der Waals surface area (Å²) in [6.07, 6.45) is -3.59. The van der Waals surface area contributed by atoms with Crippen LogP contribution >= 0.6 is 23.2 Å². The van der Waals surface area contributed by atoms with E-state index in [2.05, 4.69) is 24.9 Å². The molecular weight excluding hydrogens is 532 g/mol. The van der Waals surface area contributed by atoms with Gasteiger partial charge in [0.15, 0.2) is 0 Å². The molecule has 3 aromatic rings. The second-order valence-electron chi connectivity index (χ2n) is 8.13. The van der Waals surface area contributed by atoms with E-state index in [1.807, 2.05) is 0 Å². The minimum atomic E-state index is -4.86. The van der Waals surface area contributed by atoms with Gasteiger partial charge in [-0.1, -0.05) is 23.2 Å². The smallest absolute Gasteiger partial charge is 0.342 e. The van der Waals surface area contributed by atoms with Crippen LogP contribution in [0.2, 0.25) is 10.0 Å². The molecule has 0 radical (unpaired) electrons. The van der Waals surface area contributed by atoms with Crippen LogP contribution in [0.3, 0.4) is 0 Å². The van der Waals surface area contributed by atoms with Gasteiger partial charge < -0.3 is 4.90 Å². The van der Waals surface area contributed by atoms with E-state index in [1.165, 1.54) is 31.3 Å². The zero-order valence-corrected chi connectivity index (χ0v) is 21.0. The third kappa shape index (κ3) is 5.52. The van der Waals surface area contributed by atoms with E-state index >= 15 is 0 Å². The molecule has 0 spiro atoms. The first kappa shape index (κ1) is 26.7. The zero-order valence-electron chi connectivity index (χ0n) is 18.7. The van der Waals surface area contributed by atoms with Crippen molar-refractivity contribution < 1.29 is 26.4 Å². The molecule has 0 aliphatic rings. The molecule has 0 atom stereocenters. The number of hydrogen-bond donors (Lipinski definition) is 2. The fourth-order valence-electron chi connectivity index (χ4n) is 3.06. The van der Waals surface area contributed by atoms with E-state index in [-0.39, 0.29) is 28.1 Å². The molecule has 15 heteroatoms. The van der Waals surface area contributed by atoms with Crippen molar-refractivity contribution >= 4 is 44.8 Å². The van der Waals surface area contributed by atoms with Gasteiger partial charge in [-0.15, -0.1) is 5.10 Å². The number of anilines is 1. The van der Waals surface area contributed by atoms with Crippen LogP contribution in [-0.2, 0) is 21.6 Å². The topological polar surface area (TPSA) is 121 Å². The van der Waals surface area contributed by atoms with Crippen LogP contribution in [0.1, 0.15) is 41.5 Å². The normalized spacial score (nSPS) is 12.5. The van der Waals surface area contributed by atoms with Gasteiger partial charge in [-0.3, -0.25) is 19.6 Å². The number of H-pyrrole nitrogens is 1. The van der Waals surface area contributed by atoms with Crippen LogP contribution in [0.5, 0.6) is 0 Å². The number of nitrogens with one attached hydrogen (secondary N) is 2. The highest BCUT2D eigenvalue weighted by Gasteiger charge is 2.36. The number of carbonyl (C=O) groups is 1. The predicted molar refractivity (Wildman–Crippen MR) is 123 cm³/mol. The quantitative estimate of drug-likeness (QED) is 0.470. The first-order chi connectivity index (χ1) is 16.0. The van der Waals surface area contributed by atoms with E-state index in [0.29, 0.717) is 6.07 Å². The highest BCUT2D eigenvalue weighted by Crippen LogP contribution is 2.38. The van der Waals surface area contributed by atoms with Crippen molar-refractivity contribution in [2.24, 2.45) is 0 Å². The first-order valence-corrected chi connectivity index (χ1v) is 12.0. The summed E-state index contributed by atoms with van der Waals surface area (Å²) in [5, 5.41) is 5.97. The fraction of sp³-hybridized carbons (Fsp3) is 0.300. The maximum Gasteiger partial charge on any atom is 0.417 e. The maximum absolute atomic E-state index is 13.2. The number of aromatic amines is 1. The number of hydrogen-bond acceptors (Lipinski definition) is 6. The molecule has 0 saturated carbocycles. The maximum atomic E-state index is 13.2. The Kier molecular flexibility index (Phi) is 7.08. The van der Waals surface area contributed by atoms with Gasteiger partial charge in [0.2, 0.25) is 5.82 Å². The third-order valence-corrected chi connectivity index (χ3v) is 6.82. The molecular formula is C20H19Cl2F3N6O3S. The van der Waals surface area contributed by atoms with Crippen molar-refractivity contribution in [2.45, 2.75) is 30.3 Å². The van der Waals surface area contributed by atoms with E-state index in [1.54, 1.807) is 13.8 Å². The Morgan fingerprint density at radius 3 is 2.40 bits per heavy atom. The number of amides is 1. The molecule has 0 aliphatic carbocycles. The SMILES string of the molecule is CN(C)C(=O)c1n[nH]c(C(C)(C)c2ncc(Cl)cc2NS(=O)(=O)c2ccc(Cl)c(C(F)(F)F)c2)n1. The molecule has 0 fully saturated rings.